The average molecular weight is 283 g/mol. The van der Waals surface area contributed by atoms with E-state index in [-0.39, 0.29) is 0 Å². The van der Waals surface area contributed by atoms with Crippen molar-refractivity contribution in [2.45, 2.75) is 20.0 Å². The smallest absolute Gasteiger partial charge is 0.248 e. The third kappa shape index (κ3) is 4.18. The molecule has 0 radical (unpaired) electrons. The summed E-state index contributed by atoms with van der Waals surface area (Å²) in [7, 11) is 0. The summed E-state index contributed by atoms with van der Waals surface area (Å²) in [5.74, 6) is 0.268. The van der Waals surface area contributed by atoms with Gasteiger partial charge in [0, 0.05) is 12.0 Å². The van der Waals surface area contributed by atoms with Crippen molar-refractivity contribution in [2.24, 2.45) is 5.73 Å². The lowest BCUT2D eigenvalue weighted by Crippen LogP contribution is -2.12. The molecule has 2 rings (SSSR count). The van der Waals surface area contributed by atoms with Gasteiger partial charge in [-0.25, -0.2) is 0 Å². The van der Waals surface area contributed by atoms with E-state index in [1.807, 2.05) is 37.3 Å². The lowest BCUT2D eigenvalue weighted by molar-refractivity contribution is -0.107. The highest BCUT2D eigenvalue weighted by Crippen LogP contribution is 2.16. The Morgan fingerprint density at radius 2 is 1.86 bits per heavy atom. The maximum absolute atomic E-state index is 11.2. The van der Waals surface area contributed by atoms with Gasteiger partial charge >= 0.3 is 0 Å². The summed E-state index contributed by atoms with van der Waals surface area (Å²) in [5, 5.41) is 0. The van der Waals surface area contributed by atoms with E-state index in [1.54, 1.807) is 12.1 Å². The molecule has 21 heavy (non-hydrogen) atoms. The van der Waals surface area contributed by atoms with E-state index >= 15 is 0 Å². The molecule has 2 N–H and O–H groups in total. The van der Waals surface area contributed by atoms with E-state index in [4.69, 9.17) is 10.5 Å². The van der Waals surface area contributed by atoms with Crippen LogP contribution in [-0.2, 0) is 17.8 Å². The quantitative estimate of drug-likeness (QED) is 0.828. The summed E-state index contributed by atoms with van der Waals surface area (Å²) in [6, 6.07) is 12.8. The number of primary amides is 1. The van der Waals surface area contributed by atoms with Crippen molar-refractivity contribution in [1.82, 2.24) is 0 Å². The van der Waals surface area contributed by atoms with Crippen LogP contribution in [-0.4, -0.2) is 12.2 Å². The Morgan fingerprint density at radius 3 is 2.48 bits per heavy atom. The second-order valence-electron chi connectivity index (χ2n) is 4.87. The minimum absolute atomic E-state index is 0.356. The topological polar surface area (TPSA) is 69.4 Å². The van der Waals surface area contributed by atoms with Crippen LogP contribution in [0.4, 0.5) is 0 Å². The Balaban J connectivity index is 2.05. The normalized spacial score (nSPS) is 10.1. The summed E-state index contributed by atoms with van der Waals surface area (Å²) < 4.78 is 5.67. The monoisotopic (exact) mass is 283 g/mol. The highest BCUT2D eigenvalue weighted by Gasteiger charge is 2.04. The maximum atomic E-state index is 11.2. The molecule has 0 aliphatic rings. The Hall–Kier alpha value is -2.62. The lowest BCUT2D eigenvalue weighted by atomic mass is 10.1. The zero-order valence-electron chi connectivity index (χ0n) is 11.8. The first kappa shape index (κ1) is 14.8. The summed E-state index contributed by atoms with van der Waals surface area (Å²) >= 11 is 0. The molecular weight excluding hydrogens is 266 g/mol. The standard InChI is InChI=1S/C17H17NO3/c1-12-8-14(10-15(9-12)17(18)20)11-21-16-4-2-13(3-5-16)6-7-19/h2-5,7-10H,6,11H2,1H3,(H2,18,20). The van der Waals surface area contributed by atoms with Gasteiger partial charge in [-0.2, -0.15) is 0 Å². The first-order valence-electron chi connectivity index (χ1n) is 6.64. The Kier molecular flexibility index (Phi) is 4.72. The average Bonchev–Trinajstić information content (AvgIpc) is 2.46. The third-order valence-corrected chi connectivity index (χ3v) is 3.07. The minimum atomic E-state index is -0.446. The number of benzene rings is 2. The van der Waals surface area contributed by atoms with Gasteiger partial charge in [-0.05, 0) is 47.9 Å². The molecule has 2 aromatic rings. The molecule has 0 aromatic heterocycles. The highest BCUT2D eigenvalue weighted by atomic mass is 16.5. The molecule has 108 valence electrons. The Bertz CT molecular complexity index is 648. The Morgan fingerprint density at radius 1 is 1.14 bits per heavy atom. The number of hydrogen-bond donors (Lipinski definition) is 1. The largest absolute Gasteiger partial charge is 0.489 e. The summed E-state index contributed by atoms with van der Waals surface area (Å²) in [6.45, 7) is 2.26. The molecule has 0 heterocycles. The van der Waals surface area contributed by atoms with Crippen LogP contribution in [0.5, 0.6) is 5.75 Å². The van der Waals surface area contributed by atoms with Crippen molar-refractivity contribution in [1.29, 1.82) is 0 Å². The van der Waals surface area contributed by atoms with Gasteiger partial charge in [-0.15, -0.1) is 0 Å². The van der Waals surface area contributed by atoms with Gasteiger partial charge in [0.15, 0.2) is 0 Å². The van der Waals surface area contributed by atoms with E-state index in [2.05, 4.69) is 0 Å². The van der Waals surface area contributed by atoms with Crippen molar-refractivity contribution < 1.29 is 14.3 Å². The second kappa shape index (κ2) is 6.70. The molecule has 0 spiro atoms. The fraction of sp³-hybridized carbons (Fsp3) is 0.176. The Labute approximate surface area is 123 Å². The molecule has 0 saturated carbocycles. The molecule has 1 amide bonds. The minimum Gasteiger partial charge on any atom is -0.489 e. The fourth-order valence-electron chi connectivity index (χ4n) is 2.07. The summed E-state index contributed by atoms with van der Waals surface area (Å²) in [5.41, 5.74) is 8.58. The van der Waals surface area contributed by atoms with Crippen LogP contribution in [0.1, 0.15) is 27.0 Å². The molecule has 4 nitrogen and oxygen atoms in total. The molecule has 0 bridgehead atoms. The van der Waals surface area contributed by atoms with Crippen LogP contribution in [0.2, 0.25) is 0 Å². The predicted molar refractivity (Wildman–Crippen MR) is 80.2 cm³/mol. The van der Waals surface area contributed by atoms with Crippen LogP contribution in [0.25, 0.3) is 0 Å². The SMILES string of the molecule is Cc1cc(COc2ccc(CC=O)cc2)cc(C(N)=O)c1. The van der Waals surface area contributed by atoms with Gasteiger partial charge in [0.1, 0.15) is 18.6 Å². The number of nitrogens with two attached hydrogens (primary N) is 1. The predicted octanol–water partition coefficient (Wildman–Crippen LogP) is 2.41. The maximum Gasteiger partial charge on any atom is 0.248 e. The molecule has 4 heteroatoms. The number of amides is 1. The number of aryl methyl sites for hydroxylation is 1. The van der Waals surface area contributed by atoms with Gasteiger partial charge in [-0.3, -0.25) is 4.79 Å². The molecule has 0 saturated heterocycles. The van der Waals surface area contributed by atoms with Crippen molar-refractivity contribution in [3.63, 3.8) is 0 Å². The number of rotatable bonds is 6. The van der Waals surface area contributed by atoms with Crippen molar-refractivity contribution in [3.8, 4) is 5.75 Å². The third-order valence-electron chi connectivity index (χ3n) is 3.07. The molecular formula is C17H17NO3. The molecule has 0 atom stereocenters. The summed E-state index contributed by atoms with van der Waals surface area (Å²) in [4.78, 5) is 21.7. The lowest BCUT2D eigenvalue weighted by Gasteiger charge is -2.09. The van der Waals surface area contributed by atoms with Gasteiger partial charge in [0.05, 0.1) is 0 Å². The number of ether oxygens (including phenoxy) is 1. The number of aldehydes is 1. The zero-order chi connectivity index (χ0) is 15.2. The van der Waals surface area contributed by atoms with E-state index in [9.17, 15) is 9.59 Å². The van der Waals surface area contributed by atoms with E-state index in [1.165, 1.54) is 0 Å². The zero-order valence-corrected chi connectivity index (χ0v) is 11.8. The highest BCUT2D eigenvalue weighted by molar-refractivity contribution is 5.93. The van der Waals surface area contributed by atoms with Gasteiger partial charge in [0.2, 0.25) is 5.91 Å². The van der Waals surface area contributed by atoms with Gasteiger partial charge in [0.25, 0.3) is 0 Å². The van der Waals surface area contributed by atoms with E-state index in [0.717, 1.165) is 23.0 Å². The van der Waals surface area contributed by atoms with E-state index < -0.39 is 5.91 Å². The molecule has 0 aliphatic heterocycles. The fourth-order valence-corrected chi connectivity index (χ4v) is 2.07. The summed E-state index contributed by atoms with van der Waals surface area (Å²) in [6.07, 6.45) is 1.27. The number of carbonyl (C=O) groups excluding carboxylic acids is 2. The second-order valence-corrected chi connectivity index (χ2v) is 4.87. The van der Waals surface area contributed by atoms with Gasteiger partial charge in [-0.1, -0.05) is 18.2 Å². The van der Waals surface area contributed by atoms with Crippen LogP contribution in [0.15, 0.2) is 42.5 Å². The van der Waals surface area contributed by atoms with Gasteiger partial charge < -0.3 is 15.3 Å². The number of carbonyl (C=O) groups is 2. The molecule has 0 aliphatic carbocycles. The van der Waals surface area contributed by atoms with E-state index in [0.29, 0.717) is 24.3 Å². The molecule has 2 aromatic carbocycles. The van der Waals surface area contributed by atoms with Crippen LogP contribution >= 0.6 is 0 Å². The first-order chi connectivity index (χ1) is 10.1. The van der Waals surface area contributed by atoms with Crippen molar-refractivity contribution in [2.75, 3.05) is 0 Å². The molecule has 0 fully saturated rings. The van der Waals surface area contributed by atoms with Crippen LogP contribution in [0.3, 0.4) is 0 Å². The first-order valence-corrected chi connectivity index (χ1v) is 6.64. The van der Waals surface area contributed by atoms with Crippen molar-refractivity contribution >= 4 is 12.2 Å². The van der Waals surface area contributed by atoms with Crippen LogP contribution in [0, 0.1) is 6.92 Å². The molecule has 0 unspecified atom stereocenters. The van der Waals surface area contributed by atoms with Crippen LogP contribution < -0.4 is 10.5 Å². The number of hydrogen-bond acceptors (Lipinski definition) is 3. The van der Waals surface area contributed by atoms with Crippen molar-refractivity contribution in [3.05, 3.63) is 64.7 Å².